The smallest absolute Gasteiger partial charge is 0.335 e. The molecule has 0 aliphatic rings. The third-order valence-corrected chi connectivity index (χ3v) is 4.68. The first-order chi connectivity index (χ1) is 13.5. The Kier molecular flexibility index (Phi) is 4.30. The van der Waals surface area contributed by atoms with Gasteiger partial charge >= 0.3 is 5.97 Å². The van der Waals surface area contributed by atoms with Crippen LogP contribution in [0.1, 0.15) is 15.9 Å². The number of nitriles is 1. The van der Waals surface area contributed by atoms with Crippen LogP contribution in [-0.4, -0.2) is 20.9 Å². The van der Waals surface area contributed by atoms with Crippen LogP contribution in [-0.2, 0) is 0 Å². The molecule has 4 rings (SSSR count). The molecule has 0 atom stereocenters. The standard InChI is InChI=1S/C21H11ClFN3O2/c22-18-8-1-12(11-24)9-17(18)20-16-7-2-13(21(27)28)10-19(16)26(25-20)15-5-3-14(23)4-6-15/h1-10H,(H,27,28). The molecule has 5 nitrogen and oxygen atoms in total. The van der Waals surface area contributed by atoms with Crippen molar-refractivity contribution in [2.24, 2.45) is 0 Å². The first-order valence-corrected chi connectivity index (χ1v) is 8.58. The summed E-state index contributed by atoms with van der Waals surface area (Å²) in [5.74, 6) is -1.46. The molecule has 0 spiro atoms. The van der Waals surface area contributed by atoms with Gasteiger partial charge in [-0.25, -0.2) is 13.9 Å². The van der Waals surface area contributed by atoms with E-state index >= 15 is 0 Å². The largest absolute Gasteiger partial charge is 0.478 e. The van der Waals surface area contributed by atoms with Crippen LogP contribution in [0.4, 0.5) is 4.39 Å². The molecule has 0 unspecified atom stereocenters. The summed E-state index contributed by atoms with van der Waals surface area (Å²) in [6.45, 7) is 0. The average molecular weight is 392 g/mol. The Balaban J connectivity index is 2.05. The number of carboxylic acid groups (broad SMARTS) is 1. The Bertz CT molecular complexity index is 1270. The van der Waals surface area contributed by atoms with Crippen molar-refractivity contribution < 1.29 is 14.3 Å². The highest BCUT2D eigenvalue weighted by Gasteiger charge is 2.18. The SMILES string of the molecule is N#Cc1ccc(Cl)c(-c2nn(-c3ccc(F)cc3)c3cc(C(=O)O)ccc23)c1. The monoisotopic (exact) mass is 391 g/mol. The maximum absolute atomic E-state index is 13.3. The van der Waals surface area contributed by atoms with E-state index in [0.29, 0.717) is 38.4 Å². The average Bonchev–Trinajstić information content (AvgIpc) is 3.07. The van der Waals surface area contributed by atoms with Gasteiger partial charge in [0.1, 0.15) is 11.5 Å². The van der Waals surface area contributed by atoms with E-state index in [9.17, 15) is 19.6 Å². The molecule has 4 aromatic rings. The summed E-state index contributed by atoms with van der Waals surface area (Å²) in [5.41, 5.74) is 2.66. The van der Waals surface area contributed by atoms with Gasteiger partial charge in [-0.1, -0.05) is 11.6 Å². The lowest BCUT2D eigenvalue weighted by molar-refractivity contribution is 0.0697. The number of nitrogens with zero attached hydrogens (tertiary/aromatic N) is 3. The Morgan fingerprint density at radius 3 is 2.54 bits per heavy atom. The Morgan fingerprint density at radius 2 is 1.86 bits per heavy atom. The highest BCUT2D eigenvalue weighted by atomic mass is 35.5. The fraction of sp³-hybridized carbons (Fsp3) is 0. The second kappa shape index (κ2) is 6.80. The third kappa shape index (κ3) is 2.98. The second-order valence-electron chi connectivity index (χ2n) is 6.08. The van der Waals surface area contributed by atoms with Gasteiger partial charge in [0.25, 0.3) is 0 Å². The zero-order valence-electron chi connectivity index (χ0n) is 14.2. The lowest BCUT2D eigenvalue weighted by Gasteiger charge is -2.04. The van der Waals surface area contributed by atoms with Crippen molar-refractivity contribution in [3.8, 4) is 23.0 Å². The molecule has 0 saturated heterocycles. The third-order valence-electron chi connectivity index (χ3n) is 4.35. The molecular weight excluding hydrogens is 381 g/mol. The molecule has 0 radical (unpaired) electrons. The van der Waals surface area contributed by atoms with Crippen LogP contribution in [0.25, 0.3) is 27.8 Å². The highest BCUT2D eigenvalue weighted by molar-refractivity contribution is 6.33. The number of aromatic nitrogens is 2. The fourth-order valence-electron chi connectivity index (χ4n) is 3.00. The molecular formula is C21H11ClFN3O2. The molecule has 0 aliphatic carbocycles. The van der Waals surface area contributed by atoms with Crippen molar-refractivity contribution >= 4 is 28.5 Å². The van der Waals surface area contributed by atoms with Gasteiger partial charge in [0, 0.05) is 10.9 Å². The van der Waals surface area contributed by atoms with Gasteiger partial charge < -0.3 is 5.11 Å². The minimum atomic E-state index is -1.07. The van der Waals surface area contributed by atoms with E-state index in [2.05, 4.69) is 11.2 Å². The van der Waals surface area contributed by atoms with E-state index in [0.717, 1.165) is 0 Å². The second-order valence-corrected chi connectivity index (χ2v) is 6.49. The van der Waals surface area contributed by atoms with Gasteiger partial charge in [-0.05, 0) is 60.7 Å². The Morgan fingerprint density at radius 1 is 1.11 bits per heavy atom. The molecule has 136 valence electrons. The number of aromatic carboxylic acids is 1. The van der Waals surface area contributed by atoms with Gasteiger partial charge in [-0.15, -0.1) is 0 Å². The number of fused-ring (bicyclic) bond motifs is 1. The maximum atomic E-state index is 13.3. The molecule has 1 heterocycles. The molecule has 0 bridgehead atoms. The van der Waals surface area contributed by atoms with E-state index in [4.69, 9.17) is 11.6 Å². The van der Waals surface area contributed by atoms with Crippen molar-refractivity contribution in [3.63, 3.8) is 0 Å². The van der Waals surface area contributed by atoms with Crippen LogP contribution in [0.15, 0.2) is 60.7 Å². The number of rotatable bonds is 3. The van der Waals surface area contributed by atoms with Gasteiger partial charge in [-0.2, -0.15) is 10.4 Å². The quantitative estimate of drug-likeness (QED) is 0.529. The predicted octanol–water partition coefficient (Wildman–Crippen LogP) is 5.05. The summed E-state index contributed by atoms with van der Waals surface area (Å²) in [7, 11) is 0. The first-order valence-electron chi connectivity index (χ1n) is 8.20. The van der Waals surface area contributed by atoms with Crippen LogP contribution in [0.5, 0.6) is 0 Å². The summed E-state index contributed by atoms with van der Waals surface area (Å²) in [4.78, 5) is 11.4. The summed E-state index contributed by atoms with van der Waals surface area (Å²) in [5, 5.41) is 24.2. The molecule has 0 saturated carbocycles. The van der Waals surface area contributed by atoms with Crippen LogP contribution in [0.3, 0.4) is 0 Å². The van der Waals surface area contributed by atoms with Crippen LogP contribution in [0.2, 0.25) is 5.02 Å². The number of hydrogen-bond acceptors (Lipinski definition) is 3. The van der Waals surface area contributed by atoms with Crippen LogP contribution >= 0.6 is 11.6 Å². The lowest BCUT2D eigenvalue weighted by Crippen LogP contribution is -1.99. The van der Waals surface area contributed by atoms with E-state index in [-0.39, 0.29) is 5.56 Å². The van der Waals surface area contributed by atoms with Crippen LogP contribution < -0.4 is 0 Å². The molecule has 1 aromatic heterocycles. The van der Waals surface area contributed by atoms with E-state index in [1.807, 2.05) is 0 Å². The summed E-state index contributed by atoms with van der Waals surface area (Å²) < 4.78 is 14.9. The summed E-state index contributed by atoms with van der Waals surface area (Å²) in [6, 6.07) is 17.2. The highest BCUT2D eigenvalue weighted by Crippen LogP contribution is 2.35. The fourth-order valence-corrected chi connectivity index (χ4v) is 3.21. The topological polar surface area (TPSA) is 78.9 Å². The molecule has 1 N–H and O–H groups in total. The van der Waals surface area contributed by atoms with Crippen LogP contribution in [0, 0.1) is 17.1 Å². The minimum absolute atomic E-state index is 0.0965. The normalized spacial score (nSPS) is 10.8. The molecule has 7 heteroatoms. The number of halogens is 2. The van der Waals surface area contributed by atoms with E-state index < -0.39 is 11.8 Å². The Labute approximate surface area is 163 Å². The van der Waals surface area contributed by atoms with Crippen molar-refractivity contribution in [1.82, 2.24) is 9.78 Å². The van der Waals surface area contributed by atoms with Crippen molar-refractivity contribution in [1.29, 1.82) is 5.26 Å². The van der Waals surface area contributed by atoms with E-state index in [1.165, 1.54) is 28.9 Å². The maximum Gasteiger partial charge on any atom is 0.335 e. The Hall–Kier alpha value is -3.69. The van der Waals surface area contributed by atoms with Crippen molar-refractivity contribution in [2.45, 2.75) is 0 Å². The number of hydrogen-bond donors (Lipinski definition) is 1. The van der Waals surface area contributed by atoms with Gasteiger partial charge in [0.15, 0.2) is 0 Å². The van der Waals surface area contributed by atoms with Crippen molar-refractivity contribution in [2.75, 3.05) is 0 Å². The predicted molar refractivity (Wildman–Crippen MR) is 103 cm³/mol. The molecule has 0 aliphatic heterocycles. The van der Waals surface area contributed by atoms with Crippen molar-refractivity contribution in [3.05, 3.63) is 82.6 Å². The minimum Gasteiger partial charge on any atom is -0.478 e. The number of benzene rings is 3. The zero-order chi connectivity index (χ0) is 19.8. The van der Waals surface area contributed by atoms with Gasteiger partial charge in [0.05, 0.1) is 33.4 Å². The summed E-state index contributed by atoms with van der Waals surface area (Å²) >= 11 is 6.34. The molecule has 28 heavy (non-hydrogen) atoms. The number of carboxylic acids is 1. The molecule has 3 aromatic carbocycles. The van der Waals surface area contributed by atoms with Gasteiger partial charge in [0.2, 0.25) is 0 Å². The number of carbonyl (C=O) groups is 1. The molecule has 0 fully saturated rings. The first kappa shape index (κ1) is 17.7. The lowest BCUT2D eigenvalue weighted by atomic mass is 10.0. The molecule has 0 amide bonds. The zero-order valence-corrected chi connectivity index (χ0v) is 15.0. The van der Waals surface area contributed by atoms with Gasteiger partial charge in [-0.3, -0.25) is 0 Å². The van der Waals surface area contributed by atoms with E-state index in [1.54, 1.807) is 36.4 Å². The summed E-state index contributed by atoms with van der Waals surface area (Å²) in [6.07, 6.45) is 0.